The molecule has 3 aromatic carbocycles. The van der Waals surface area contributed by atoms with Gasteiger partial charge in [-0.05, 0) is 42.5 Å². The van der Waals surface area contributed by atoms with Crippen LogP contribution in [0.1, 0.15) is 10.4 Å². The van der Waals surface area contributed by atoms with E-state index in [9.17, 15) is 9.18 Å². The van der Waals surface area contributed by atoms with Gasteiger partial charge < -0.3 is 5.32 Å². The Kier molecular flexibility index (Phi) is 5.31. The van der Waals surface area contributed by atoms with Crippen LogP contribution in [-0.2, 0) is 0 Å². The SMILES string of the molecule is O=C(Nc1ccccc1-c1csc(-c2ccccc2F)n1)c1cccc(-n2cccn2)c1. The third-order valence-electron chi connectivity index (χ3n) is 4.94. The topological polar surface area (TPSA) is 59.8 Å². The summed E-state index contributed by atoms with van der Waals surface area (Å²) in [5.74, 6) is -0.553. The standard InChI is InChI=1S/C25H17FN4OS/c26-21-11-3-1-9-19(21)25-29-23(16-32-25)20-10-2-4-12-22(20)28-24(31)17-7-5-8-18(15-17)30-14-6-13-27-30/h1-16H,(H,28,31). The number of rotatable bonds is 5. The van der Waals surface area contributed by atoms with Crippen LogP contribution in [0.3, 0.4) is 0 Å². The van der Waals surface area contributed by atoms with Crippen molar-refractivity contribution < 1.29 is 9.18 Å². The molecule has 5 nitrogen and oxygen atoms in total. The van der Waals surface area contributed by atoms with E-state index >= 15 is 0 Å². The Hall–Kier alpha value is -4.10. The lowest BCUT2D eigenvalue weighted by Crippen LogP contribution is -2.13. The quantitative estimate of drug-likeness (QED) is 0.362. The lowest BCUT2D eigenvalue weighted by atomic mass is 10.1. The molecule has 7 heteroatoms. The minimum atomic E-state index is -0.313. The summed E-state index contributed by atoms with van der Waals surface area (Å²) in [5.41, 5.74) is 3.84. The molecular weight excluding hydrogens is 423 g/mol. The monoisotopic (exact) mass is 440 g/mol. The van der Waals surface area contributed by atoms with Gasteiger partial charge in [-0.1, -0.05) is 36.4 Å². The summed E-state index contributed by atoms with van der Waals surface area (Å²) in [4.78, 5) is 17.6. The second-order valence-electron chi connectivity index (χ2n) is 7.02. The first kappa shape index (κ1) is 19.8. The number of halogens is 1. The molecule has 0 aliphatic heterocycles. The van der Waals surface area contributed by atoms with E-state index in [0.717, 1.165) is 11.3 Å². The molecule has 5 rings (SSSR count). The smallest absolute Gasteiger partial charge is 0.255 e. The third-order valence-corrected chi connectivity index (χ3v) is 5.81. The summed E-state index contributed by atoms with van der Waals surface area (Å²) in [5, 5.41) is 9.64. The van der Waals surface area contributed by atoms with Crippen LogP contribution in [0.4, 0.5) is 10.1 Å². The lowest BCUT2D eigenvalue weighted by molar-refractivity contribution is 0.102. The van der Waals surface area contributed by atoms with E-state index in [4.69, 9.17) is 0 Å². The molecular formula is C25H17FN4OS. The number of carbonyl (C=O) groups is 1. The second-order valence-corrected chi connectivity index (χ2v) is 7.88. The minimum absolute atomic E-state index is 0.240. The summed E-state index contributed by atoms with van der Waals surface area (Å²) in [6.45, 7) is 0. The number of nitrogens with zero attached hydrogens (tertiary/aromatic N) is 3. The van der Waals surface area contributed by atoms with Crippen molar-refractivity contribution in [2.75, 3.05) is 5.32 Å². The van der Waals surface area contributed by atoms with Crippen LogP contribution >= 0.6 is 11.3 Å². The normalized spacial score (nSPS) is 10.8. The van der Waals surface area contributed by atoms with Gasteiger partial charge >= 0.3 is 0 Å². The van der Waals surface area contributed by atoms with E-state index in [1.165, 1.54) is 17.4 Å². The number of amides is 1. The van der Waals surface area contributed by atoms with Crippen molar-refractivity contribution in [2.45, 2.75) is 0 Å². The summed E-state index contributed by atoms with van der Waals surface area (Å²) in [7, 11) is 0. The number of hydrogen-bond donors (Lipinski definition) is 1. The van der Waals surface area contributed by atoms with Gasteiger partial charge in [0.15, 0.2) is 0 Å². The number of aromatic nitrogens is 3. The molecule has 156 valence electrons. The van der Waals surface area contributed by atoms with Crippen LogP contribution in [0.5, 0.6) is 0 Å². The molecule has 1 N–H and O–H groups in total. The van der Waals surface area contributed by atoms with Crippen molar-refractivity contribution in [2.24, 2.45) is 0 Å². The Balaban J connectivity index is 1.43. The number of thiazole rings is 1. The molecule has 2 heterocycles. The average molecular weight is 441 g/mol. The molecule has 0 spiro atoms. The van der Waals surface area contributed by atoms with E-state index in [2.05, 4.69) is 15.4 Å². The summed E-state index contributed by atoms with van der Waals surface area (Å²) < 4.78 is 15.9. The first-order valence-corrected chi connectivity index (χ1v) is 10.8. The average Bonchev–Trinajstić information content (AvgIpc) is 3.53. The van der Waals surface area contributed by atoms with Gasteiger partial charge in [0.1, 0.15) is 10.8 Å². The molecule has 0 radical (unpaired) electrons. The van der Waals surface area contributed by atoms with E-state index in [1.54, 1.807) is 41.2 Å². The molecule has 1 amide bonds. The van der Waals surface area contributed by atoms with Crippen LogP contribution < -0.4 is 5.32 Å². The van der Waals surface area contributed by atoms with Gasteiger partial charge in [-0.3, -0.25) is 4.79 Å². The maximum atomic E-state index is 14.2. The van der Waals surface area contributed by atoms with Crippen LogP contribution in [0.2, 0.25) is 0 Å². The van der Waals surface area contributed by atoms with Gasteiger partial charge in [-0.15, -0.1) is 11.3 Å². The zero-order valence-corrected chi connectivity index (χ0v) is 17.6. The highest BCUT2D eigenvalue weighted by atomic mass is 32.1. The molecule has 0 bridgehead atoms. The zero-order chi connectivity index (χ0) is 21.9. The number of para-hydroxylation sites is 1. The van der Waals surface area contributed by atoms with Gasteiger partial charge in [0.2, 0.25) is 0 Å². The maximum absolute atomic E-state index is 14.2. The Labute approximate surface area is 187 Å². The number of benzene rings is 3. The molecule has 32 heavy (non-hydrogen) atoms. The molecule has 0 aliphatic carbocycles. The van der Waals surface area contributed by atoms with Gasteiger partial charge in [0, 0.05) is 34.5 Å². The highest BCUT2D eigenvalue weighted by molar-refractivity contribution is 7.13. The Morgan fingerprint density at radius 3 is 2.56 bits per heavy atom. The highest BCUT2D eigenvalue weighted by Crippen LogP contribution is 2.33. The largest absolute Gasteiger partial charge is 0.321 e. The van der Waals surface area contributed by atoms with Crippen LogP contribution in [-0.4, -0.2) is 20.7 Å². The van der Waals surface area contributed by atoms with E-state index in [1.807, 2.05) is 54.0 Å². The number of anilines is 1. The fourth-order valence-corrected chi connectivity index (χ4v) is 4.22. The van der Waals surface area contributed by atoms with E-state index in [0.29, 0.717) is 27.5 Å². The third kappa shape index (κ3) is 3.93. The first-order valence-electron chi connectivity index (χ1n) is 9.90. The molecule has 5 aromatic rings. The number of carbonyl (C=O) groups excluding carboxylic acids is 1. The van der Waals surface area contributed by atoms with Crippen molar-refractivity contribution in [3.8, 4) is 27.5 Å². The van der Waals surface area contributed by atoms with Crippen molar-refractivity contribution in [3.05, 3.63) is 108 Å². The molecule has 0 unspecified atom stereocenters. The van der Waals surface area contributed by atoms with Crippen molar-refractivity contribution >= 4 is 22.9 Å². The van der Waals surface area contributed by atoms with Crippen LogP contribution in [0, 0.1) is 5.82 Å². The van der Waals surface area contributed by atoms with E-state index in [-0.39, 0.29) is 11.7 Å². The summed E-state index contributed by atoms with van der Waals surface area (Å²) in [6.07, 6.45) is 3.51. The second kappa shape index (κ2) is 8.56. The Morgan fingerprint density at radius 1 is 0.938 bits per heavy atom. The fraction of sp³-hybridized carbons (Fsp3) is 0. The minimum Gasteiger partial charge on any atom is -0.321 e. The summed E-state index contributed by atoms with van der Waals surface area (Å²) >= 11 is 1.36. The predicted octanol–water partition coefficient (Wildman–Crippen LogP) is 6.05. The lowest BCUT2D eigenvalue weighted by Gasteiger charge is -2.10. The molecule has 0 fully saturated rings. The predicted molar refractivity (Wildman–Crippen MR) is 124 cm³/mol. The molecule has 0 saturated heterocycles. The van der Waals surface area contributed by atoms with Gasteiger partial charge in [-0.25, -0.2) is 14.1 Å². The summed E-state index contributed by atoms with van der Waals surface area (Å²) in [6, 6.07) is 23.1. The molecule has 0 atom stereocenters. The maximum Gasteiger partial charge on any atom is 0.255 e. The molecule has 0 aliphatic rings. The van der Waals surface area contributed by atoms with Crippen molar-refractivity contribution in [1.29, 1.82) is 0 Å². The van der Waals surface area contributed by atoms with Crippen LogP contribution in [0.25, 0.3) is 27.5 Å². The number of nitrogens with one attached hydrogen (secondary N) is 1. The van der Waals surface area contributed by atoms with Crippen molar-refractivity contribution in [3.63, 3.8) is 0 Å². The van der Waals surface area contributed by atoms with Crippen molar-refractivity contribution in [1.82, 2.24) is 14.8 Å². The van der Waals surface area contributed by atoms with Gasteiger partial charge in [-0.2, -0.15) is 5.10 Å². The Morgan fingerprint density at radius 2 is 1.75 bits per heavy atom. The zero-order valence-electron chi connectivity index (χ0n) is 16.8. The first-order chi connectivity index (χ1) is 15.7. The fourth-order valence-electron chi connectivity index (χ4n) is 3.38. The van der Waals surface area contributed by atoms with Gasteiger partial charge in [0.05, 0.1) is 17.1 Å². The molecule has 0 saturated carbocycles. The Bertz CT molecular complexity index is 1390. The van der Waals surface area contributed by atoms with Gasteiger partial charge in [0.25, 0.3) is 5.91 Å². The van der Waals surface area contributed by atoms with E-state index < -0.39 is 0 Å². The van der Waals surface area contributed by atoms with Crippen LogP contribution in [0.15, 0.2) is 96.6 Å². The number of hydrogen-bond acceptors (Lipinski definition) is 4. The molecule has 2 aromatic heterocycles. The highest BCUT2D eigenvalue weighted by Gasteiger charge is 2.15.